The molecule has 5 heteroatoms. The fraction of sp³-hybridized carbons (Fsp3) is 0.125. The highest BCUT2D eigenvalue weighted by Crippen LogP contribution is 2.20. The zero-order valence-corrected chi connectivity index (χ0v) is 11.7. The van der Waals surface area contributed by atoms with Crippen molar-refractivity contribution >= 4 is 10.9 Å². The lowest BCUT2D eigenvalue weighted by Crippen LogP contribution is -2.34. The highest BCUT2D eigenvalue weighted by molar-refractivity contribution is 5.84. The minimum absolute atomic E-state index is 0.364. The quantitative estimate of drug-likeness (QED) is 0.782. The van der Waals surface area contributed by atoms with E-state index >= 15 is 0 Å². The van der Waals surface area contributed by atoms with Gasteiger partial charge in [-0.2, -0.15) is 0 Å². The lowest BCUT2D eigenvalue weighted by Gasteiger charge is -2.10. The average molecular weight is 282 g/mol. The van der Waals surface area contributed by atoms with Gasteiger partial charge in [0.1, 0.15) is 11.1 Å². The molecule has 3 rings (SSSR count). The molecule has 0 aliphatic rings. The summed E-state index contributed by atoms with van der Waals surface area (Å²) in [6.07, 6.45) is 0. The van der Waals surface area contributed by atoms with Crippen LogP contribution in [0, 0.1) is 6.92 Å². The Balaban J connectivity index is 2.48. The largest absolute Gasteiger partial charge is 0.496 e. The molecular formula is C16H14N2O3. The summed E-state index contributed by atoms with van der Waals surface area (Å²) >= 11 is 0. The van der Waals surface area contributed by atoms with Crippen LogP contribution >= 0.6 is 0 Å². The molecule has 1 N–H and O–H groups in total. The Labute approximate surface area is 120 Å². The molecule has 0 unspecified atom stereocenters. The monoisotopic (exact) mass is 282 g/mol. The second-order valence-corrected chi connectivity index (χ2v) is 4.74. The Hall–Kier alpha value is -2.82. The first-order chi connectivity index (χ1) is 10.1. The first kappa shape index (κ1) is 13.2. The molecule has 0 aliphatic carbocycles. The van der Waals surface area contributed by atoms with Crippen molar-refractivity contribution in [2.45, 2.75) is 6.92 Å². The van der Waals surface area contributed by atoms with Crippen LogP contribution in [-0.4, -0.2) is 16.7 Å². The molecule has 0 radical (unpaired) electrons. The number of H-pyrrole nitrogens is 1. The number of para-hydroxylation sites is 1. The van der Waals surface area contributed by atoms with Gasteiger partial charge in [0.05, 0.1) is 18.3 Å². The third-order valence-electron chi connectivity index (χ3n) is 3.46. The van der Waals surface area contributed by atoms with Crippen molar-refractivity contribution in [1.29, 1.82) is 0 Å². The van der Waals surface area contributed by atoms with E-state index in [2.05, 4.69) is 4.98 Å². The lowest BCUT2D eigenvalue weighted by molar-refractivity contribution is 0.419. The van der Waals surface area contributed by atoms with E-state index in [1.807, 2.05) is 19.1 Å². The van der Waals surface area contributed by atoms with Gasteiger partial charge in [0.25, 0.3) is 5.56 Å². The SMILES string of the molecule is COc1cccc2[nH]c(=O)n(-c3ccccc3C)c(=O)c12. The molecule has 0 amide bonds. The van der Waals surface area contributed by atoms with Crippen molar-refractivity contribution in [1.82, 2.24) is 9.55 Å². The number of rotatable bonds is 2. The molecule has 0 atom stereocenters. The third kappa shape index (κ3) is 2.03. The van der Waals surface area contributed by atoms with Crippen LogP contribution < -0.4 is 16.0 Å². The number of benzene rings is 2. The molecule has 0 bridgehead atoms. The standard InChI is InChI=1S/C16H14N2O3/c1-10-6-3-4-8-12(10)18-15(19)14-11(17-16(18)20)7-5-9-13(14)21-2/h3-9H,1-2H3,(H,17,20). The first-order valence-electron chi connectivity index (χ1n) is 6.51. The summed E-state index contributed by atoms with van der Waals surface area (Å²) < 4.78 is 6.37. The maximum absolute atomic E-state index is 12.7. The fourth-order valence-electron chi connectivity index (χ4n) is 2.43. The van der Waals surface area contributed by atoms with Gasteiger partial charge in [-0.25, -0.2) is 9.36 Å². The van der Waals surface area contributed by atoms with E-state index in [0.29, 0.717) is 22.3 Å². The normalized spacial score (nSPS) is 10.8. The Morgan fingerprint density at radius 2 is 1.81 bits per heavy atom. The van der Waals surface area contributed by atoms with E-state index < -0.39 is 5.69 Å². The van der Waals surface area contributed by atoms with Crippen LogP contribution in [0.3, 0.4) is 0 Å². The maximum Gasteiger partial charge on any atom is 0.333 e. The van der Waals surface area contributed by atoms with Crippen LogP contribution in [0.15, 0.2) is 52.1 Å². The Morgan fingerprint density at radius 3 is 2.52 bits per heavy atom. The van der Waals surface area contributed by atoms with E-state index in [1.165, 1.54) is 7.11 Å². The summed E-state index contributed by atoms with van der Waals surface area (Å²) in [5, 5.41) is 0.364. The van der Waals surface area contributed by atoms with E-state index in [0.717, 1.165) is 10.1 Å². The number of nitrogens with zero attached hydrogens (tertiary/aromatic N) is 1. The number of nitrogens with one attached hydrogen (secondary N) is 1. The number of methoxy groups -OCH3 is 1. The van der Waals surface area contributed by atoms with Crippen LogP contribution in [0.4, 0.5) is 0 Å². The van der Waals surface area contributed by atoms with E-state index in [-0.39, 0.29) is 5.56 Å². The Kier molecular flexibility index (Phi) is 3.10. The third-order valence-corrected chi connectivity index (χ3v) is 3.46. The number of aryl methyl sites for hydroxylation is 1. The molecule has 2 aromatic carbocycles. The molecule has 0 spiro atoms. The van der Waals surface area contributed by atoms with Gasteiger partial charge >= 0.3 is 5.69 Å². The molecule has 5 nitrogen and oxygen atoms in total. The minimum Gasteiger partial charge on any atom is -0.496 e. The summed E-state index contributed by atoms with van der Waals surface area (Å²) in [6, 6.07) is 12.4. The van der Waals surface area contributed by atoms with Gasteiger partial charge in [0, 0.05) is 0 Å². The lowest BCUT2D eigenvalue weighted by atomic mass is 10.2. The number of hydrogen-bond acceptors (Lipinski definition) is 3. The van der Waals surface area contributed by atoms with Gasteiger partial charge < -0.3 is 9.72 Å². The highest BCUT2D eigenvalue weighted by atomic mass is 16.5. The van der Waals surface area contributed by atoms with Crippen LogP contribution in [0.25, 0.3) is 16.6 Å². The van der Waals surface area contributed by atoms with Crippen molar-refractivity contribution in [3.8, 4) is 11.4 Å². The molecule has 0 saturated heterocycles. The molecule has 106 valence electrons. The van der Waals surface area contributed by atoms with Crippen molar-refractivity contribution in [3.05, 3.63) is 68.9 Å². The minimum atomic E-state index is -0.463. The second kappa shape index (κ2) is 4.94. The Bertz CT molecular complexity index is 938. The van der Waals surface area contributed by atoms with E-state index in [4.69, 9.17) is 4.74 Å². The number of ether oxygens (including phenoxy) is 1. The van der Waals surface area contributed by atoms with Crippen molar-refractivity contribution in [3.63, 3.8) is 0 Å². The van der Waals surface area contributed by atoms with Crippen LogP contribution in [0.1, 0.15) is 5.56 Å². The molecule has 1 aromatic heterocycles. The molecule has 0 saturated carbocycles. The molecule has 0 fully saturated rings. The van der Waals surface area contributed by atoms with Gasteiger partial charge in [-0.15, -0.1) is 0 Å². The number of aromatic nitrogens is 2. The van der Waals surface area contributed by atoms with Crippen LogP contribution in [0.5, 0.6) is 5.75 Å². The number of fused-ring (bicyclic) bond motifs is 1. The van der Waals surface area contributed by atoms with Gasteiger partial charge in [-0.3, -0.25) is 4.79 Å². The van der Waals surface area contributed by atoms with Gasteiger partial charge in [-0.05, 0) is 30.7 Å². The summed E-state index contributed by atoms with van der Waals surface area (Å²) in [4.78, 5) is 27.7. The van der Waals surface area contributed by atoms with Gasteiger partial charge in [-0.1, -0.05) is 24.3 Å². The predicted octanol–water partition coefficient (Wildman–Crippen LogP) is 2.00. The zero-order chi connectivity index (χ0) is 15.0. The topological polar surface area (TPSA) is 64.1 Å². The molecule has 1 heterocycles. The summed E-state index contributed by atoms with van der Waals surface area (Å²) in [6.45, 7) is 1.85. The summed E-state index contributed by atoms with van der Waals surface area (Å²) in [5.41, 5.74) is 1.03. The summed E-state index contributed by atoms with van der Waals surface area (Å²) in [5.74, 6) is 0.441. The summed E-state index contributed by atoms with van der Waals surface area (Å²) in [7, 11) is 1.50. The molecule has 3 aromatic rings. The van der Waals surface area contributed by atoms with Crippen LogP contribution in [0.2, 0.25) is 0 Å². The maximum atomic E-state index is 12.7. The zero-order valence-electron chi connectivity index (χ0n) is 11.7. The van der Waals surface area contributed by atoms with Gasteiger partial charge in [0.2, 0.25) is 0 Å². The van der Waals surface area contributed by atoms with E-state index in [1.54, 1.807) is 30.3 Å². The Morgan fingerprint density at radius 1 is 1.05 bits per heavy atom. The molecule has 21 heavy (non-hydrogen) atoms. The predicted molar refractivity (Wildman–Crippen MR) is 81.5 cm³/mol. The molecular weight excluding hydrogens is 268 g/mol. The van der Waals surface area contributed by atoms with E-state index in [9.17, 15) is 9.59 Å². The second-order valence-electron chi connectivity index (χ2n) is 4.74. The van der Waals surface area contributed by atoms with Crippen molar-refractivity contribution < 1.29 is 4.74 Å². The van der Waals surface area contributed by atoms with Gasteiger partial charge in [0.15, 0.2) is 0 Å². The number of aromatic amines is 1. The average Bonchev–Trinajstić information content (AvgIpc) is 2.48. The first-order valence-corrected chi connectivity index (χ1v) is 6.51. The van der Waals surface area contributed by atoms with Crippen molar-refractivity contribution in [2.75, 3.05) is 7.11 Å². The smallest absolute Gasteiger partial charge is 0.333 e. The van der Waals surface area contributed by atoms with Crippen LogP contribution in [-0.2, 0) is 0 Å². The van der Waals surface area contributed by atoms with Crippen molar-refractivity contribution in [2.24, 2.45) is 0 Å². The highest BCUT2D eigenvalue weighted by Gasteiger charge is 2.14. The fourth-order valence-corrected chi connectivity index (χ4v) is 2.43. The molecule has 0 aliphatic heterocycles. The number of hydrogen-bond donors (Lipinski definition) is 1.